The summed E-state index contributed by atoms with van der Waals surface area (Å²) in [5.41, 5.74) is 0.607. The largest absolute Gasteiger partial charge is 0.416 e. The molecule has 0 saturated carbocycles. The summed E-state index contributed by atoms with van der Waals surface area (Å²) in [5.74, 6) is -0.934. The number of rotatable bonds is 7. The van der Waals surface area contributed by atoms with Gasteiger partial charge in [0.2, 0.25) is 5.91 Å². The summed E-state index contributed by atoms with van der Waals surface area (Å²) < 4.78 is 51.2. The summed E-state index contributed by atoms with van der Waals surface area (Å²) in [6.07, 6.45) is -0.0847. The Morgan fingerprint density at radius 3 is 2.84 bits per heavy atom. The van der Waals surface area contributed by atoms with Gasteiger partial charge in [0.15, 0.2) is 0 Å². The summed E-state index contributed by atoms with van der Waals surface area (Å²) in [6.45, 7) is 2.95. The van der Waals surface area contributed by atoms with E-state index in [-0.39, 0.29) is 42.7 Å². The lowest BCUT2D eigenvalue weighted by Gasteiger charge is -2.29. The number of hydrogen-bond acceptors (Lipinski definition) is 6. The fourth-order valence-corrected chi connectivity index (χ4v) is 5.18. The fraction of sp³-hybridized carbons (Fsp3) is 0.500. The molecule has 2 aromatic rings. The van der Waals surface area contributed by atoms with E-state index in [2.05, 4.69) is 15.2 Å². The molecule has 0 spiro atoms. The quantitative estimate of drug-likeness (QED) is 0.606. The second kappa shape index (κ2) is 10.8. The van der Waals surface area contributed by atoms with E-state index in [1.54, 1.807) is 12.4 Å². The maximum Gasteiger partial charge on any atom is 0.416 e. The molecule has 5 rings (SSSR count). The molecule has 11 heteroatoms. The molecule has 1 aromatic heterocycles. The summed E-state index contributed by atoms with van der Waals surface area (Å²) in [5, 5.41) is 3.01. The van der Waals surface area contributed by atoms with Gasteiger partial charge in [-0.15, -0.1) is 0 Å². The number of amides is 2. The first kappa shape index (κ1) is 25.6. The van der Waals surface area contributed by atoms with Crippen molar-refractivity contribution in [2.75, 3.05) is 39.4 Å². The number of benzene rings is 1. The lowest BCUT2D eigenvalue weighted by Crippen LogP contribution is -2.50. The van der Waals surface area contributed by atoms with E-state index in [1.807, 2.05) is 12.1 Å². The minimum absolute atomic E-state index is 0.000157. The lowest BCUT2D eigenvalue weighted by molar-refractivity contribution is -0.137. The maximum absolute atomic E-state index is 13.2. The molecule has 8 nitrogen and oxygen atoms in total. The first-order valence-corrected chi connectivity index (χ1v) is 12.4. The highest BCUT2D eigenvalue weighted by Gasteiger charge is 2.39. The number of alkyl halides is 3. The van der Waals surface area contributed by atoms with Crippen LogP contribution in [0.3, 0.4) is 0 Å². The monoisotopic (exact) mass is 518 g/mol. The van der Waals surface area contributed by atoms with Gasteiger partial charge in [0, 0.05) is 50.2 Å². The number of ether oxygens (including phenoxy) is 2. The zero-order valence-electron chi connectivity index (χ0n) is 20.2. The molecule has 3 aliphatic rings. The number of pyridine rings is 1. The smallest absolute Gasteiger partial charge is 0.380 e. The standard InChI is InChI=1S/C26H29F3N4O4/c27-26(28,29)19-4-3-18-5-8-32(25(35)21(18)10-19)14-24(34)31-22-12-33(20-6-9-36-16-20)13-23(22)37-15-17-2-1-7-30-11-17/h1-4,7,10-11,20,22-23H,5-6,8-9,12-16H2,(H,31,34)/t20?,22?,23-/m0/s1. The summed E-state index contributed by atoms with van der Waals surface area (Å²) in [6, 6.07) is 6.92. The van der Waals surface area contributed by atoms with E-state index in [1.165, 1.54) is 11.0 Å². The molecule has 3 aliphatic heterocycles. The van der Waals surface area contributed by atoms with E-state index in [9.17, 15) is 22.8 Å². The molecule has 0 radical (unpaired) electrons. The van der Waals surface area contributed by atoms with Crippen molar-refractivity contribution < 1.29 is 32.2 Å². The van der Waals surface area contributed by atoms with Crippen LogP contribution in [-0.4, -0.2) is 84.2 Å². The molecular formula is C26H29F3N4O4. The average Bonchev–Trinajstić information content (AvgIpc) is 3.55. The van der Waals surface area contributed by atoms with Crippen LogP contribution in [0.1, 0.15) is 33.5 Å². The first-order chi connectivity index (χ1) is 17.8. The summed E-state index contributed by atoms with van der Waals surface area (Å²) in [4.78, 5) is 33.6. The van der Waals surface area contributed by atoms with Crippen LogP contribution in [-0.2, 0) is 33.5 Å². The molecule has 2 fully saturated rings. The topological polar surface area (TPSA) is 84.0 Å². The van der Waals surface area contributed by atoms with E-state index in [4.69, 9.17) is 9.47 Å². The number of carbonyl (C=O) groups excluding carboxylic acids is 2. The SMILES string of the molecule is O=C(CN1CCc2ccc(C(F)(F)F)cc2C1=O)NC1CN(C2CCOC2)C[C@@H]1OCc1cccnc1. The number of hydrogen-bond donors (Lipinski definition) is 1. The lowest BCUT2D eigenvalue weighted by atomic mass is 9.96. The van der Waals surface area contributed by atoms with Crippen LogP contribution in [0.5, 0.6) is 0 Å². The van der Waals surface area contributed by atoms with E-state index >= 15 is 0 Å². The van der Waals surface area contributed by atoms with Crippen LogP contribution in [0.25, 0.3) is 0 Å². The van der Waals surface area contributed by atoms with E-state index in [0.29, 0.717) is 44.9 Å². The highest BCUT2D eigenvalue weighted by molar-refractivity contribution is 5.99. The normalized spacial score (nSPS) is 24.4. The molecule has 1 aromatic carbocycles. The number of halogens is 3. The molecule has 37 heavy (non-hydrogen) atoms. The molecule has 2 unspecified atom stereocenters. The van der Waals surface area contributed by atoms with Gasteiger partial charge in [-0.3, -0.25) is 19.5 Å². The first-order valence-electron chi connectivity index (χ1n) is 12.4. The van der Waals surface area contributed by atoms with Gasteiger partial charge in [0.1, 0.15) is 0 Å². The predicted octanol–water partition coefficient (Wildman–Crippen LogP) is 2.27. The number of fused-ring (bicyclic) bond motifs is 1. The molecule has 3 atom stereocenters. The predicted molar refractivity (Wildman–Crippen MR) is 127 cm³/mol. The molecule has 1 N–H and O–H groups in total. The minimum Gasteiger partial charge on any atom is -0.380 e. The number of aromatic nitrogens is 1. The van der Waals surface area contributed by atoms with Gasteiger partial charge in [-0.2, -0.15) is 13.2 Å². The van der Waals surface area contributed by atoms with Crippen molar-refractivity contribution >= 4 is 11.8 Å². The third-order valence-electron chi connectivity index (χ3n) is 7.19. The van der Waals surface area contributed by atoms with E-state index < -0.39 is 17.6 Å². The Balaban J connectivity index is 1.23. The molecular weight excluding hydrogens is 489 g/mol. The van der Waals surface area contributed by atoms with Gasteiger partial charge in [0.25, 0.3) is 5.91 Å². The van der Waals surface area contributed by atoms with Crippen molar-refractivity contribution in [3.05, 3.63) is 65.0 Å². The molecule has 0 aliphatic carbocycles. The van der Waals surface area contributed by atoms with Gasteiger partial charge in [-0.25, -0.2) is 0 Å². The number of nitrogens with one attached hydrogen (secondary N) is 1. The number of likely N-dealkylation sites (tertiary alicyclic amines) is 1. The Kier molecular flexibility index (Phi) is 7.45. The molecule has 4 heterocycles. The third-order valence-corrected chi connectivity index (χ3v) is 7.19. The van der Waals surface area contributed by atoms with Crippen LogP contribution in [0.2, 0.25) is 0 Å². The molecule has 2 saturated heterocycles. The Bertz CT molecular complexity index is 1120. The van der Waals surface area contributed by atoms with Gasteiger partial charge in [-0.05, 0) is 42.2 Å². The van der Waals surface area contributed by atoms with Crippen molar-refractivity contribution in [3.63, 3.8) is 0 Å². The van der Waals surface area contributed by atoms with Crippen LogP contribution in [0, 0.1) is 0 Å². The zero-order chi connectivity index (χ0) is 26.0. The Morgan fingerprint density at radius 2 is 2.11 bits per heavy atom. The molecule has 2 amide bonds. The van der Waals surface area contributed by atoms with Crippen LogP contribution in [0.15, 0.2) is 42.7 Å². The Labute approximate surface area is 212 Å². The van der Waals surface area contributed by atoms with Crippen molar-refractivity contribution in [1.82, 2.24) is 20.1 Å². The second-order valence-corrected chi connectivity index (χ2v) is 9.70. The molecule has 0 bridgehead atoms. The number of carbonyl (C=O) groups is 2. The Hall–Kier alpha value is -3.02. The minimum atomic E-state index is -4.54. The van der Waals surface area contributed by atoms with Crippen LogP contribution in [0.4, 0.5) is 13.2 Å². The molecule has 198 valence electrons. The van der Waals surface area contributed by atoms with Crippen molar-refractivity contribution in [3.8, 4) is 0 Å². The highest BCUT2D eigenvalue weighted by atomic mass is 19.4. The van der Waals surface area contributed by atoms with Gasteiger partial charge >= 0.3 is 6.18 Å². The fourth-order valence-electron chi connectivity index (χ4n) is 5.18. The second-order valence-electron chi connectivity index (χ2n) is 9.70. The van der Waals surface area contributed by atoms with E-state index in [0.717, 1.165) is 24.1 Å². The number of nitrogens with zero attached hydrogens (tertiary/aromatic N) is 3. The zero-order valence-corrected chi connectivity index (χ0v) is 20.2. The highest BCUT2D eigenvalue weighted by Crippen LogP contribution is 2.32. The van der Waals surface area contributed by atoms with Gasteiger partial charge in [-0.1, -0.05) is 12.1 Å². The van der Waals surface area contributed by atoms with Gasteiger partial charge in [0.05, 0.1) is 37.5 Å². The van der Waals surface area contributed by atoms with Crippen molar-refractivity contribution in [2.45, 2.75) is 43.8 Å². The average molecular weight is 519 g/mol. The van der Waals surface area contributed by atoms with Crippen LogP contribution < -0.4 is 5.32 Å². The third kappa shape index (κ3) is 5.94. The van der Waals surface area contributed by atoms with Crippen molar-refractivity contribution in [2.24, 2.45) is 0 Å². The Morgan fingerprint density at radius 1 is 1.24 bits per heavy atom. The van der Waals surface area contributed by atoms with Gasteiger partial charge < -0.3 is 19.7 Å². The van der Waals surface area contributed by atoms with Crippen LogP contribution >= 0.6 is 0 Å². The summed E-state index contributed by atoms with van der Waals surface area (Å²) >= 11 is 0. The maximum atomic E-state index is 13.2. The summed E-state index contributed by atoms with van der Waals surface area (Å²) in [7, 11) is 0. The van der Waals surface area contributed by atoms with Crippen molar-refractivity contribution in [1.29, 1.82) is 0 Å².